The summed E-state index contributed by atoms with van der Waals surface area (Å²) in [6.45, 7) is 3.38. The van der Waals surface area contributed by atoms with Gasteiger partial charge in [-0.05, 0) is 48.9 Å². The second kappa shape index (κ2) is 7.84. The normalized spacial score (nSPS) is 10.5. The van der Waals surface area contributed by atoms with Gasteiger partial charge in [-0.1, -0.05) is 18.2 Å². The number of thiophene rings is 1. The number of rotatable bonds is 7. The van der Waals surface area contributed by atoms with Gasteiger partial charge in [0.1, 0.15) is 0 Å². The molecule has 2 aromatic rings. The van der Waals surface area contributed by atoms with Gasteiger partial charge < -0.3 is 10.6 Å². The first-order valence-corrected chi connectivity index (χ1v) is 8.21. The van der Waals surface area contributed by atoms with Crippen molar-refractivity contribution in [3.63, 3.8) is 0 Å². The molecule has 0 spiro atoms. The Morgan fingerprint density at radius 1 is 1.29 bits per heavy atom. The molecule has 0 saturated heterocycles. The van der Waals surface area contributed by atoms with Gasteiger partial charge in [-0.15, -0.1) is 11.3 Å². The summed E-state index contributed by atoms with van der Waals surface area (Å²) in [6, 6.07) is 11.9. The molecule has 21 heavy (non-hydrogen) atoms. The summed E-state index contributed by atoms with van der Waals surface area (Å²) < 4.78 is 0. The Balaban J connectivity index is 1.83. The largest absolute Gasteiger partial charge is 0.399 e. The minimum absolute atomic E-state index is 0.219. The van der Waals surface area contributed by atoms with Crippen molar-refractivity contribution in [2.24, 2.45) is 0 Å². The molecule has 2 N–H and O–H groups in total. The van der Waals surface area contributed by atoms with Crippen LogP contribution in [0.4, 0.5) is 5.69 Å². The number of aryl methyl sites for hydroxylation is 1. The molecule has 4 heteroatoms. The fourth-order valence-electron chi connectivity index (χ4n) is 2.31. The lowest BCUT2D eigenvalue weighted by molar-refractivity contribution is -0.131. The molecule has 1 heterocycles. The first kappa shape index (κ1) is 15.6. The van der Waals surface area contributed by atoms with E-state index in [1.165, 1.54) is 4.88 Å². The molecule has 0 aliphatic carbocycles. The number of amides is 1. The van der Waals surface area contributed by atoms with Crippen LogP contribution >= 0.6 is 11.3 Å². The predicted molar refractivity (Wildman–Crippen MR) is 89.2 cm³/mol. The molecule has 0 radical (unpaired) electrons. The second-order valence-electron chi connectivity index (χ2n) is 5.09. The topological polar surface area (TPSA) is 46.3 Å². The maximum absolute atomic E-state index is 12.3. The fourth-order valence-corrected chi connectivity index (χ4v) is 3.07. The molecule has 0 aliphatic heterocycles. The van der Waals surface area contributed by atoms with Crippen molar-refractivity contribution in [2.45, 2.75) is 32.7 Å². The SMILES string of the molecule is CCN(Cc1cccc(N)c1)C(=O)CCCc1cccs1. The van der Waals surface area contributed by atoms with Crippen LogP contribution in [-0.2, 0) is 17.8 Å². The van der Waals surface area contributed by atoms with Crippen LogP contribution in [0.1, 0.15) is 30.2 Å². The third-order valence-electron chi connectivity index (χ3n) is 3.45. The molecule has 2 rings (SSSR count). The van der Waals surface area contributed by atoms with Crippen molar-refractivity contribution in [1.29, 1.82) is 0 Å². The molecule has 0 saturated carbocycles. The smallest absolute Gasteiger partial charge is 0.222 e. The molecule has 112 valence electrons. The molecule has 1 amide bonds. The number of anilines is 1. The van der Waals surface area contributed by atoms with Gasteiger partial charge in [0.25, 0.3) is 0 Å². The summed E-state index contributed by atoms with van der Waals surface area (Å²) >= 11 is 1.75. The van der Waals surface area contributed by atoms with E-state index in [2.05, 4.69) is 17.5 Å². The van der Waals surface area contributed by atoms with E-state index in [-0.39, 0.29) is 5.91 Å². The molecule has 0 aliphatic rings. The lowest BCUT2D eigenvalue weighted by Crippen LogP contribution is -2.30. The number of carbonyl (C=O) groups excluding carboxylic acids is 1. The van der Waals surface area contributed by atoms with Crippen molar-refractivity contribution >= 4 is 22.9 Å². The van der Waals surface area contributed by atoms with E-state index in [9.17, 15) is 4.79 Å². The molecule has 1 aromatic carbocycles. The molecule has 1 aromatic heterocycles. The molecule has 0 unspecified atom stereocenters. The molecular weight excluding hydrogens is 280 g/mol. The van der Waals surface area contributed by atoms with Gasteiger partial charge in [-0.2, -0.15) is 0 Å². The summed E-state index contributed by atoms with van der Waals surface area (Å²) in [4.78, 5) is 15.5. The van der Waals surface area contributed by atoms with Crippen LogP contribution < -0.4 is 5.73 Å². The van der Waals surface area contributed by atoms with Crippen LogP contribution in [0.2, 0.25) is 0 Å². The van der Waals surface area contributed by atoms with E-state index < -0.39 is 0 Å². The van der Waals surface area contributed by atoms with E-state index in [1.54, 1.807) is 11.3 Å². The maximum atomic E-state index is 12.3. The predicted octanol–water partition coefficient (Wildman–Crippen LogP) is 3.70. The maximum Gasteiger partial charge on any atom is 0.222 e. The molecule has 0 bridgehead atoms. The van der Waals surface area contributed by atoms with Gasteiger partial charge >= 0.3 is 0 Å². The van der Waals surface area contributed by atoms with Crippen molar-refractivity contribution in [1.82, 2.24) is 4.90 Å². The zero-order valence-electron chi connectivity index (χ0n) is 12.4. The fraction of sp³-hybridized carbons (Fsp3) is 0.353. The second-order valence-corrected chi connectivity index (χ2v) is 6.12. The Labute approximate surface area is 130 Å². The van der Waals surface area contributed by atoms with E-state index in [4.69, 9.17) is 5.73 Å². The first-order chi connectivity index (χ1) is 10.2. The van der Waals surface area contributed by atoms with Gasteiger partial charge in [0.05, 0.1) is 0 Å². The summed E-state index contributed by atoms with van der Waals surface area (Å²) in [6.07, 6.45) is 2.50. The summed E-state index contributed by atoms with van der Waals surface area (Å²) in [5, 5.41) is 2.08. The highest BCUT2D eigenvalue weighted by Crippen LogP contribution is 2.14. The number of hydrogen-bond donors (Lipinski definition) is 1. The average molecular weight is 302 g/mol. The zero-order valence-corrected chi connectivity index (χ0v) is 13.2. The van der Waals surface area contributed by atoms with Gasteiger partial charge in [-0.25, -0.2) is 0 Å². The van der Waals surface area contributed by atoms with Crippen molar-refractivity contribution < 1.29 is 4.79 Å². The van der Waals surface area contributed by atoms with Crippen LogP contribution in [0.15, 0.2) is 41.8 Å². The van der Waals surface area contributed by atoms with Gasteiger partial charge in [0, 0.05) is 30.1 Å². The standard InChI is InChI=1S/C17H22N2OS/c1-2-19(13-14-6-3-7-15(18)12-14)17(20)10-4-8-16-9-5-11-21-16/h3,5-7,9,11-12H,2,4,8,10,13,18H2,1H3. The zero-order chi connectivity index (χ0) is 15.1. The number of nitrogens with two attached hydrogens (primary N) is 1. The van der Waals surface area contributed by atoms with Crippen LogP contribution in [0.3, 0.4) is 0 Å². The Bertz CT molecular complexity index is 566. The number of nitrogen functional groups attached to an aromatic ring is 1. The van der Waals surface area contributed by atoms with Crippen LogP contribution in [0.5, 0.6) is 0 Å². The number of hydrogen-bond acceptors (Lipinski definition) is 3. The molecular formula is C17H22N2OS. The van der Waals surface area contributed by atoms with Gasteiger partial charge in [0.2, 0.25) is 5.91 Å². The van der Waals surface area contributed by atoms with Crippen molar-refractivity contribution in [2.75, 3.05) is 12.3 Å². The van der Waals surface area contributed by atoms with Gasteiger partial charge in [0.15, 0.2) is 0 Å². The highest BCUT2D eigenvalue weighted by Gasteiger charge is 2.12. The average Bonchev–Trinajstić information content (AvgIpc) is 2.98. The molecule has 3 nitrogen and oxygen atoms in total. The molecule has 0 fully saturated rings. The minimum atomic E-state index is 0.219. The quantitative estimate of drug-likeness (QED) is 0.793. The van der Waals surface area contributed by atoms with Crippen molar-refractivity contribution in [3.05, 3.63) is 52.2 Å². The lowest BCUT2D eigenvalue weighted by atomic mass is 10.1. The number of nitrogens with zero attached hydrogens (tertiary/aromatic N) is 1. The Kier molecular flexibility index (Phi) is 5.81. The number of benzene rings is 1. The monoisotopic (exact) mass is 302 g/mol. The highest BCUT2D eigenvalue weighted by atomic mass is 32.1. The minimum Gasteiger partial charge on any atom is -0.399 e. The van der Waals surface area contributed by atoms with Crippen molar-refractivity contribution in [3.8, 4) is 0 Å². The molecule has 0 atom stereocenters. The van der Waals surface area contributed by atoms with E-state index in [0.717, 1.165) is 30.6 Å². The number of carbonyl (C=O) groups is 1. The lowest BCUT2D eigenvalue weighted by Gasteiger charge is -2.21. The summed E-state index contributed by atoms with van der Waals surface area (Å²) in [5.41, 5.74) is 7.61. The van der Waals surface area contributed by atoms with E-state index >= 15 is 0 Å². The third kappa shape index (κ3) is 4.90. The highest BCUT2D eigenvalue weighted by molar-refractivity contribution is 7.09. The van der Waals surface area contributed by atoms with Crippen LogP contribution in [0.25, 0.3) is 0 Å². The third-order valence-corrected chi connectivity index (χ3v) is 4.39. The van der Waals surface area contributed by atoms with E-state index in [1.807, 2.05) is 36.1 Å². The van der Waals surface area contributed by atoms with E-state index in [0.29, 0.717) is 13.0 Å². The Morgan fingerprint density at radius 2 is 2.14 bits per heavy atom. The first-order valence-electron chi connectivity index (χ1n) is 7.33. The Hall–Kier alpha value is -1.81. The van der Waals surface area contributed by atoms with Crippen LogP contribution in [0, 0.1) is 0 Å². The Morgan fingerprint density at radius 3 is 2.81 bits per heavy atom. The summed E-state index contributed by atoms with van der Waals surface area (Å²) in [5.74, 6) is 0.219. The van der Waals surface area contributed by atoms with Gasteiger partial charge in [-0.3, -0.25) is 4.79 Å². The van der Waals surface area contributed by atoms with Crippen LogP contribution in [-0.4, -0.2) is 17.4 Å². The summed E-state index contributed by atoms with van der Waals surface area (Å²) in [7, 11) is 0.